The zero-order valence-corrected chi connectivity index (χ0v) is 20.2. The highest BCUT2D eigenvalue weighted by molar-refractivity contribution is 14.1. The normalized spacial score (nSPS) is 28.6. The molecule has 0 aromatic rings. The van der Waals surface area contributed by atoms with E-state index in [1.165, 1.54) is 36.4 Å². The van der Waals surface area contributed by atoms with Gasteiger partial charge in [0.2, 0.25) is 11.8 Å². The molecule has 4 unspecified atom stereocenters. The summed E-state index contributed by atoms with van der Waals surface area (Å²) in [5, 5.41) is 32.8. The van der Waals surface area contributed by atoms with Crippen molar-refractivity contribution in [2.45, 2.75) is 23.6 Å². The van der Waals surface area contributed by atoms with Gasteiger partial charge in [-0.05, 0) is 74.7 Å². The SMILES string of the molecule is CC(O)C(=O)NC1=C(I)C(C(N)=O)(C(C)CO)C(O)(I)C(C(N)=O)=C1I. The average molecular weight is 705 g/mol. The fourth-order valence-electron chi connectivity index (χ4n) is 2.71. The van der Waals surface area contributed by atoms with Gasteiger partial charge in [0.25, 0.3) is 5.91 Å². The second-order valence-electron chi connectivity index (χ2n) is 5.79. The van der Waals surface area contributed by atoms with Crippen molar-refractivity contribution in [3.8, 4) is 0 Å². The minimum Gasteiger partial charge on any atom is -0.396 e. The van der Waals surface area contributed by atoms with E-state index in [2.05, 4.69) is 5.32 Å². The molecule has 146 valence electrons. The molecule has 1 rings (SSSR count). The Hall–Kier alpha value is -0.0400. The van der Waals surface area contributed by atoms with E-state index in [9.17, 15) is 29.7 Å². The van der Waals surface area contributed by atoms with E-state index in [1.54, 1.807) is 45.2 Å². The van der Waals surface area contributed by atoms with Gasteiger partial charge in [0.05, 0.1) is 11.3 Å². The molecule has 0 aromatic heterocycles. The molecule has 9 nitrogen and oxygen atoms in total. The molecule has 0 aromatic carbocycles. The first-order valence-corrected chi connectivity index (χ1v) is 10.4. The number of alkyl halides is 1. The molecule has 3 amide bonds. The topological polar surface area (TPSA) is 176 Å². The van der Waals surface area contributed by atoms with Crippen LogP contribution in [-0.2, 0) is 14.4 Å². The lowest BCUT2D eigenvalue weighted by Crippen LogP contribution is -2.62. The Kier molecular flexibility index (Phi) is 7.88. The van der Waals surface area contributed by atoms with Crippen LogP contribution >= 0.6 is 67.8 Å². The summed E-state index contributed by atoms with van der Waals surface area (Å²) in [7, 11) is 0. The van der Waals surface area contributed by atoms with Crippen LogP contribution in [0, 0.1) is 11.3 Å². The molecule has 0 heterocycles. The number of nitrogens with one attached hydrogen (secondary N) is 1. The maximum Gasteiger partial charge on any atom is 0.252 e. The van der Waals surface area contributed by atoms with Crippen LogP contribution in [0.4, 0.5) is 0 Å². The van der Waals surface area contributed by atoms with Crippen LogP contribution < -0.4 is 16.8 Å². The van der Waals surface area contributed by atoms with Gasteiger partial charge in [-0.1, -0.05) is 6.92 Å². The quantitative estimate of drug-likeness (QED) is 0.161. The maximum atomic E-state index is 12.5. The number of rotatable bonds is 6. The lowest BCUT2D eigenvalue weighted by atomic mass is 9.66. The van der Waals surface area contributed by atoms with Crippen LogP contribution in [0.3, 0.4) is 0 Å². The van der Waals surface area contributed by atoms with Crippen LogP contribution in [0.2, 0.25) is 0 Å². The first kappa shape index (κ1) is 24.0. The Bertz CT molecular complexity index is 719. The third-order valence-electron chi connectivity index (χ3n) is 4.13. The predicted octanol–water partition coefficient (Wildman–Crippen LogP) is -0.458. The van der Waals surface area contributed by atoms with Crippen molar-refractivity contribution < 1.29 is 29.7 Å². The van der Waals surface area contributed by atoms with Crippen molar-refractivity contribution in [2.75, 3.05) is 6.61 Å². The van der Waals surface area contributed by atoms with Gasteiger partial charge in [-0.2, -0.15) is 0 Å². The molecule has 1 aliphatic rings. The van der Waals surface area contributed by atoms with Gasteiger partial charge in [0.15, 0.2) is 3.61 Å². The summed E-state index contributed by atoms with van der Waals surface area (Å²) in [5.41, 5.74) is 8.78. The molecule has 12 heteroatoms. The van der Waals surface area contributed by atoms with Gasteiger partial charge >= 0.3 is 0 Å². The molecule has 1 aliphatic carbocycles. The molecule has 0 spiro atoms. The third-order valence-corrected chi connectivity index (χ3v) is 7.99. The van der Waals surface area contributed by atoms with Gasteiger partial charge in [-0.25, -0.2) is 0 Å². The number of amides is 3. The minimum absolute atomic E-state index is 0.0198. The number of halogens is 3. The fraction of sp³-hybridized carbons (Fsp3) is 0.500. The van der Waals surface area contributed by atoms with E-state index in [0.29, 0.717) is 0 Å². The third kappa shape index (κ3) is 3.63. The van der Waals surface area contributed by atoms with E-state index in [1.807, 2.05) is 0 Å². The second-order valence-corrected chi connectivity index (χ2v) is 9.50. The van der Waals surface area contributed by atoms with Crippen molar-refractivity contribution >= 4 is 85.5 Å². The van der Waals surface area contributed by atoms with Crippen LogP contribution in [0.5, 0.6) is 0 Å². The Morgan fingerprint density at radius 3 is 2.08 bits per heavy atom. The van der Waals surface area contributed by atoms with Gasteiger partial charge in [-0.3, -0.25) is 14.4 Å². The fourth-order valence-corrected chi connectivity index (χ4v) is 8.51. The molecule has 0 bridgehead atoms. The van der Waals surface area contributed by atoms with E-state index >= 15 is 0 Å². The molecule has 0 saturated heterocycles. The highest BCUT2D eigenvalue weighted by Gasteiger charge is 2.65. The largest absolute Gasteiger partial charge is 0.396 e. The number of aliphatic hydroxyl groups excluding tert-OH is 2. The molecule has 26 heavy (non-hydrogen) atoms. The number of primary amides is 2. The Morgan fingerprint density at radius 1 is 1.23 bits per heavy atom. The molecule has 0 saturated carbocycles. The second kappa shape index (κ2) is 8.54. The Morgan fingerprint density at radius 2 is 1.73 bits per heavy atom. The number of hydrogen-bond acceptors (Lipinski definition) is 6. The van der Waals surface area contributed by atoms with Gasteiger partial charge in [0.1, 0.15) is 11.5 Å². The molecular weight excluding hydrogens is 687 g/mol. The Balaban J connectivity index is 3.96. The minimum atomic E-state index is -2.17. The van der Waals surface area contributed by atoms with Crippen molar-refractivity contribution in [3.63, 3.8) is 0 Å². The molecule has 0 fully saturated rings. The summed E-state index contributed by atoms with van der Waals surface area (Å²) >= 11 is 4.95. The van der Waals surface area contributed by atoms with Crippen LogP contribution in [0.25, 0.3) is 0 Å². The Labute approximate surface area is 190 Å². The number of carbonyl (C=O) groups excluding carboxylic acids is 3. The summed E-state index contributed by atoms with van der Waals surface area (Å²) in [4.78, 5) is 36.6. The molecule has 8 N–H and O–H groups in total. The van der Waals surface area contributed by atoms with Gasteiger partial charge in [0, 0.05) is 19.7 Å². The molecular formula is C14H18I3N3O6. The van der Waals surface area contributed by atoms with Crippen molar-refractivity contribution in [1.29, 1.82) is 0 Å². The standard InChI is InChI=1S/C14H18I3N3O6/c1-4(3-21)13(12(19)25)9(16)8(20-11(24)5(2)22)7(15)6(10(18)23)14(13,17)26/h4-5,21-22,26H,3H2,1-2H3,(H2,18,23)(H2,19,25)(H,20,24). The zero-order valence-electron chi connectivity index (χ0n) is 13.7. The lowest BCUT2D eigenvalue weighted by molar-refractivity contribution is -0.136. The highest BCUT2D eigenvalue weighted by Crippen LogP contribution is 2.59. The number of carbonyl (C=O) groups is 3. The lowest BCUT2D eigenvalue weighted by Gasteiger charge is -2.48. The predicted molar refractivity (Wildman–Crippen MR) is 118 cm³/mol. The smallest absolute Gasteiger partial charge is 0.252 e. The zero-order chi connectivity index (χ0) is 20.6. The van der Waals surface area contributed by atoms with Crippen LogP contribution in [-0.4, -0.2) is 49.4 Å². The summed E-state index contributed by atoms with van der Waals surface area (Å²) in [6.45, 7) is 2.17. The molecule has 0 radical (unpaired) electrons. The van der Waals surface area contributed by atoms with Crippen molar-refractivity contribution in [1.82, 2.24) is 5.32 Å². The summed E-state index contributed by atoms with van der Waals surface area (Å²) in [6, 6.07) is 0. The molecule has 0 aliphatic heterocycles. The summed E-state index contributed by atoms with van der Waals surface area (Å²) < 4.78 is -1.95. The average Bonchev–Trinajstić information content (AvgIpc) is 2.49. The van der Waals surface area contributed by atoms with Gasteiger partial charge < -0.3 is 32.1 Å². The van der Waals surface area contributed by atoms with E-state index < -0.39 is 45.4 Å². The van der Waals surface area contributed by atoms with Crippen molar-refractivity contribution in [2.24, 2.45) is 22.8 Å². The van der Waals surface area contributed by atoms with Crippen LogP contribution in [0.15, 0.2) is 18.4 Å². The van der Waals surface area contributed by atoms with E-state index in [4.69, 9.17) is 11.5 Å². The van der Waals surface area contributed by atoms with Crippen LogP contribution in [0.1, 0.15) is 13.8 Å². The number of hydrogen-bond donors (Lipinski definition) is 6. The first-order valence-electron chi connectivity index (χ1n) is 7.20. The van der Waals surface area contributed by atoms with Crippen molar-refractivity contribution in [3.05, 3.63) is 18.4 Å². The number of aliphatic hydroxyl groups is 3. The summed E-state index contributed by atoms with van der Waals surface area (Å²) in [6.07, 6.45) is -1.37. The maximum absolute atomic E-state index is 12.5. The first-order chi connectivity index (χ1) is 11.8. The van der Waals surface area contributed by atoms with Gasteiger partial charge in [-0.15, -0.1) is 0 Å². The number of nitrogens with two attached hydrogens (primary N) is 2. The van der Waals surface area contributed by atoms with E-state index in [-0.39, 0.29) is 18.4 Å². The number of allylic oxidation sites excluding steroid dienone is 1. The highest BCUT2D eigenvalue weighted by atomic mass is 127. The molecule has 4 atom stereocenters. The summed E-state index contributed by atoms with van der Waals surface area (Å²) in [5.74, 6) is -3.74. The monoisotopic (exact) mass is 705 g/mol. The van der Waals surface area contributed by atoms with E-state index in [0.717, 1.165) is 0 Å².